The minimum atomic E-state index is -3.42. The number of sulfonamides is 1. The molecule has 0 aliphatic carbocycles. The first-order chi connectivity index (χ1) is 9.99. The lowest BCUT2D eigenvalue weighted by Crippen LogP contribution is -2.41. The maximum Gasteiger partial charge on any atom is 0.250 e. The molecule has 0 amide bonds. The molecule has 1 aromatic heterocycles. The van der Waals surface area contributed by atoms with Crippen molar-refractivity contribution in [3.63, 3.8) is 0 Å². The number of nitrogens with one attached hydrogen (secondary N) is 1. The number of halogens is 1. The lowest BCUT2D eigenvalue weighted by molar-refractivity contribution is 0.338. The standard InChI is InChI=1S/C13H22N4O2S2.HI/c1-11-5-6-12(20-11)21(18,19)16-8-7-15-13(14)17-9-3-2-4-10-17;/h5-6,16H,2-4,7-10H2,1H3,(H2,14,15);1H. The SMILES string of the molecule is Cc1ccc(S(=O)(=O)NCCN=C(N)N2CCCCC2)s1.I. The van der Waals surface area contributed by atoms with Crippen LogP contribution in [0.2, 0.25) is 0 Å². The first-order valence-electron chi connectivity index (χ1n) is 7.10. The van der Waals surface area contributed by atoms with Crippen molar-refractivity contribution in [3.8, 4) is 0 Å². The van der Waals surface area contributed by atoms with E-state index in [0.29, 0.717) is 16.7 Å². The topological polar surface area (TPSA) is 87.8 Å². The molecule has 1 fully saturated rings. The molecule has 0 radical (unpaired) electrons. The minimum Gasteiger partial charge on any atom is -0.370 e. The number of hydrogen-bond donors (Lipinski definition) is 2. The van der Waals surface area contributed by atoms with Gasteiger partial charge in [0.05, 0.1) is 6.54 Å². The summed E-state index contributed by atoms with van der Waals surface area (Å²) < 4.78 is 26.9. The quantitative estimate of drug-likeness (QED) is 0.305. The molecular weight excluding hydrogens is 435 g/mol. The van der Waals surface area contributed by atoms with Crippen molar-refractivity contribution >= 4 is 51.3 Å². The van der Waals surface area contributed by atoms with Gasteiger partial charge in [-0.25, -0.2) is 13.1 Å². The average Bonchev–Trinajstić information content (AvgIpc) is 2.92. The van der Waals surface area contributed by atoms with Crippen LogP contribution in [-0.2, 0) is 10.0 Å². The van der Waals surface area contributed by atoms with Gasteiger partial charge in [-0.1, -0.05) is 0 Å². The van der Waals surface area contributed by atoms with Crippen LogP contribution >= 0.6 is 35.3 Å². The van der Waals surface area contributed by atoms with Gasteiger partial charge in [0.1, 0.15) is 4.21 Å². The number of nitrogens with two attached hydrogens (primary N) is 1. The molecule has 9 heteroatoms. The van der Waals surface area contributed by atoms with E-state index in [1.54, 1.807) is 12.1 Å². The Balaban J connectivity index is 0.00000242. The van der Waals surface area contributed by atoms with Crippen LogP contribution in [0.1, 0.15) is 24.1 Å². The third-order valence-electron chi connectivity index (χ3n) is 3.34. The number of guanidine groups is 1. The number of piperidine rings is 1. The van der Waals surface area contributed by atoms with Crippen LogP contribution in [0.3, 0.4) is 0 Å². The zero-order valence-corrected chi connectivity index (χ0v) is 16.6. The fourth-order valence-electron chi connectivity index (χ4n) is 2.20. The van der Waals surface area contributed by atoms with Gasteiger partial charge in [0.25, 0.3) is 0 Å². The van der Waals surface area contributed by atoms with Crippen LogP contribution < -0.4 is 10.5 Å². The van der Waals surface area contributed by atoms with E-state index in [1.165, 1.54) is 17.8 Å². The van der Waals surface area contributed by atoms with Crippen molar-refractivity contribution in [2.24, 2.45) is 10.7 Å². The van der Waals surface area contributed by atoms with Crippen LogP contribution in [0, 0.1) is 6.92 Å². The molecule has 3 N–H and O–H groups in total. The van der Waals surface area contributed by atoms with Gasteiger partial charge in [-0.2, -0.15) is 0 Å². The molecule has 1 aliphatic heterocycles. The number of hydrogen-bond acceptors (Lipinski definition) is 4. The highest BCUT2D eigenvalue weighted by atomic mass is 127. The largest absolute Gasteiger partial charge is 0.370 e. The Morgan fingerprint density at radius 2 is 2.05 bits per heavy atom. The monoisotopic (exact) mass is 458 g/mol. The summed E-state index contributed by atoms with van der Waals surface area (Å²) in [6.07, 6.45) is 3.52. The van der Waals surface area contributed by atoms with Crippen molar-refractivity contribution in [2.75, 3.05) is 26.2 Å². The van der Waals surface area contributed by atoms with E-state index in [9.17, 15) is 8.42 Å². The molecule has 0 spiro atoms. The number of aliphatic imine (C=N–C) groups is 1. The summed E-state index contributed by atoms with van der Waals surface area (Å²) in [5, 5.41) is 0. The van der Waals surface area contributed by atoms with Gasteiger partial charge in [0, 0.05) is 24.5 Å². The van der Waals surface area contributed by atoms with Gasteiger partial charge in [0.2, 0.25) is 10.0 Å². The molecule has 2 rings (SSSR count). The zero-order valence-electron chi connectivity index (χ0n) is 12.6. The summed E-state index contributed by atoms with van der Waals surface area (Å²) in [7, 11) is -3.42. The fraction of sp³-hybridized carbons (Fsp3) is 0.615. The number of nitrogens with zero attached hydrogens (tertiary/aromatic N) is 2. The number of rotatable bonds is 5. The van der Waals surface area contributed by atoms with Gasteiger partial charge in [0.15, 0.2) is 5.96 Å². The molecule has 1 saturated heterocycles. The fourth-order valence-corrected chi connectivity index (χ4v) is 4.55. The molecule has 6 nitrogen and oxygen atoms in total. The van der Waals surface area contributed by atoms with E-state index in [-0.39, 0.29) is 30.5 Å². The molecule has 22 heavy (non-hydrogen) atoms. The molecule has 0 unspecified atom stereocenters. The van der Waals surface area contributed by atoms with Crippen molar-refractivity contribution in [1.29, 1.82) is 0 Å². The summed E-state index contributed by atoms with van der Waals surface area (Å²) in [4.78, 5) is 7.28. The Morgan fingerprint density at radius 3 is 2.64 bits per heavy atom. The second-order valence-corrected chi connectivity index (χ2v) is 8.33. The van der Waals surface area contributed by atoms with Gasteiger partial charge < -0.3 is 10.6 Å². The Kier molecular flexibility index (Phi) is 8.08. The smallest absolute Gasteiger partial charge is 0.250 e. The molecule has 0 atom stereocenters. The highest BCUT2D eigenvalue weighted by molar-refractivity contribution is 14.0. The summed E-state index contributed by atoms with van der Waals surface area (Å²) in [5.41, 5.74) is 5.91. The lowest BCUT2D eigenvalue weighted by Gasteiger charge is -2.27. The predicted octanol–water partition coefficient (Wildman–Crippen LogP) is 1.75. The van der Waals surface area contributed by atoms with Crippen molar-refractivity contribution in [3.05, 3.63) is 17.0 Å². The second-order valence-electron chi connectivity index (χ2n) is 5.05. The van der Waals surface area contributed by atoms with Crippen LogP contribution in [0.25, 0.3) is 0 Å². The van der Waals surface area contributed by atoms with Gasteiger partial charge in [-0.05, 0) is 38.3 Å². The van der Waals surface area contributed by atoms with Crippen LogP contribution in [0.15, 0.2) is 21.3 Å². The zero-order chi connectivity index (χ0) is 15.3. The van der Waals surface area contributed by atoms with Crippen LogP contribution in [0.5, 0.6) is 0 Å². The molecule has 2 heterocycles. The first kappa shape index (κ1) is 19.7. The summed E-state index contributed by atoms with van der Waals surface area (Å²) in [5.74, 6) is 0.515. The van der Waals surface area contributed by atoms with Gasteiger partial charge in [-0.15, -0.1) is 35.3 Å². The summed E-state index contributed by atoms with van der Waals surface area (Å²) in [6.45, 7) is 4.37. The molecule has 0 aromatic carbocycles. The number of thiophene rings is 1. The molecule has 0 bridgehead atoms. The Hall–Kier alpha value is -0.390. The Bertz CT molecular complexity index is 595. The lowest BCUT2D eigenvalue weighted by atomic mass is 10.1. The third kappa shape index (κ3) is 5.67. The van der Waals surface area contributed by atoms with E-state index in [1.807, 2.05) is 6.92 Å². The maximum atomic E-state index is 12.0. The molecule has 1 aromatic rings. The van der Waals surface area contributed by atoms with Crippen LogP contribution in [0.4, 0.5) is 0 Å². The molecule has 0 saturated carbocycles. The van der Waals surface area contributed by atoms with E-state index < -0.39 is 10.0 Å². The first-order valence-corrected chi connectivity index (χ1v) is 9.40. The third-order valence-corrected chi connectivity index (χ3v) is 6.29. The minimum absolute atomic E-state index is 0. The average molecular weight is 458 g/mol. The highest BCUT2D eigenvalue weighted by Crippen LogP contribution is 2.19. The van der Waals surface area contributed by atoms with E-state index in [4.69, 9.17) is 5.73 Å². The van der Waals surface area contributed by atoms with Crippen molar-refractivity contribution < 1.29 is 8.42 Å². The second kappa shape index (κ2) is 9.04. The summed E-state index contributed by atoms with van der Waals surface area (Å²) >= 11 is 1.26. The predicted molar refractivity (Wildman–Crippen MR) is 102 cm³/mol. The van der Waals surface area contributed by atoms with E-state index in [2.05, 4.69) is 14.6 Å². The van der Waals surface area contributed by atoms with E-state index >= 15 is 0 Å². The molecule has 126 valence electrons. The maximum absolute atomic E-state index is 12.0. The summed E-state index contributed by atoms with van der Waals surface area (Å²) in [6, 6.07) is 3.42. The van der Waals surface area contributed by atoms with Crippen molar-refractivity contribution in [1.82, 2.24) is 9.62 Å². The van der Waals surface area contributed by atoms with E-state index in [0.717, 1.165) is 30.8 Å². The number of likely N-dealkylation sites (tertiary alicyclic amines) is 1. The van der Waals surface area contributed by atoms with Crippen molar-refractivity contribution in [2.45, 2.75) is 30.4 Å². The van der Waals surface area contributed by atoms with Crippen LogP contribution in [-0.4, -0.2) is 45.5 Å². The van der Waals surface area contributed by atoms with Gasteiger partial charge >= 0.3 is 0 Å². The van der Waals surface area contributed by atoms with Gasteiger partial charge in [-0.3, -0.25) is 4.99 Å². The molecular formula is C13H23IN4O2S2. The highest BCUT2D eigenvalue weighted by Gasteiger charge is 2.15. The normalized spacial score (nSPS) is 16.4. The molecule has 1 aliphatic rings. The number of aryl methyl sites for hydroxylation is 1. The Labute approximate surface area is 153 Å². The Morgan fingerprint density at radius 1 is 1.36 bits per heavy atom.